The summed E-state index contributed by atoms with van der Waals surface area (Å²) in [4.78, 5) is 7.78. The quantitative estimate of drug-likeness (QED) is 0.246. The Morgan fingerprint density at radius 2 is 1.43 bits per heavy atom. The van der Waals surface area contributed by atoms with Crippen molar-refractivity contribution in [2.24, 2.45) is 5.10 Å². The van der Waals surface area contributed by atoms with Crippen LogP contribution in [0.2, 0.25) is 0 Å². The number of aromatic amines is 1. The number of hydrogen-bond donors (Lipinski definition) is 2. The van der Waals surface area contributed by atoms with Gasteiger partial charge in [0.1, 0.15) is 5.52 Å². The molecule has 0 radical (unpaired) electrons. The minimum absolute atomic E-state index is 0.342. The molecule has 0 saturated carbocycles. The number of nitrogens with zero attached hydrogens (tertiary/aromatic N) is 4. The SMILES string of the molecule is C(=N/Nc1nnc2c(n1)[nH]c1ccccc12)/c1c2ccccc2cc2ccccc12. The molecule has 0 aliphatic heterocycles. The normalized spacial score (nSPS) is 11.9. The first-order valence-corrected chi connectivity index (χ1v) is 9.67. The molecule has 0 saturated heterocycles. The Morgan fingerprint density at radius 3 is 2.20 bits per heavy atom. The topological polar surface area (TPSA) is 78.8 Å². The fourth-order valence-electron chi connectivity index (χ4n) is 3.91. The van der Waals surface area contributed by atoms with Crippen LogP contribution < -0.4 is 5.43 Å². The molecule has 0 amide bonds. The lowest BCUT2D eigenvalue weighted by Gasteiger charge is -2.07. The fraction of sp³-hybridized carbons (Fsp3) is 0. The zero-order valence-corrected chi connectivity index (χ0v) is 15.9. The number of anilines is 1. The van der Waals surface area contributed by atoms with E-state index < -0.39 is 0 Å². The lowest BCUT2D eigenvalue weighted by Crippen LogP contribution is -1.99. The Morgan fingerprint density at radius 1 is 0.767 bits per heavy atom. The summed E-state index contributed by atoms with van der Waals surface area (Å²) in [5, 5.41) is 18.6. The van der Waals surface area contributed by atoms with Gasteiger partial charge in [0.25, 0.3) is 5.95 Å². The van der Waals surface area contributed by atoms with Crippen LogP contribution in [0.4, 0.5) is 5.95 Å². The first-order valence-electron chi connectivity index (χ1n) is 9.67. The number of rotatable bonds is 3. The lowest BCUT2D eigenvalue weighted by molar-refractivity contribution is 1.01. The van der Waals surface area contributed by atoms with Crippen LogP contribution in [-0.4, -0.2) is 26.4 Å². The summed E-state index contributed by atoms with van der Waals surface area (Å²) < 4.78 is 0. The van der Waals surface area contributed by atoms with Crippen molar-refractivity contribution in [2.45, 2.75) is 0 Å². The number of aromatic nitrogens is 4. The molecule has 6 rings (SSSR count). The van der Waals surface area contributed by atoms with Gasteiger partial charge in [0.15, 0.2) is 5.65 Å². The van der Waals surface area contributed by atoms with Crippen LogP contribution in [-0.2, 0) is 0 Å². The maximum Gasteiger partial charge on any atom is 0.265 e. The second-order valence-electron chi connectivity index (χ2n) is 7.11. The van der Waals surface area contributed by atoms with Crippen LogP contribution in [0.15, 0.2) is 84.0 Å². The highest BCUT2D eigenvalue weighted by Crippen LogP contribution is 2.27. The Kier molecular flexibility index (Phi) is 3.67. The smallest absolute Gasteiger partial charge is 0.265 e. The highest BCUT2D eigenvalue weighted by molar-refractivity contribution is 6.13. The molecular formula is C24H16N6. The van der Waals surface area contributed by atoms with Gasteiger partial charge in [-0.3, -0.25) is 0 Å². The van der Waals surface area contributed by atoms with E-state index in [-0.39, 0.29) is 0 Å². The molecule has 2 heterocycles. The Labute approximate surface area is 171 Å². The van der Waals surface area contributed by atoms with Gasteiger partial charge in [-0.05, 0) is 33.7 Å². The molecule has 6 aromatic rings. The summed E-state index contributed by atoms with van der Waals surface area (Å²) in [6.45, 7) is 0. The molecule has 0 spiro atoms. The maximum absolute atomic E-state index is 4.51. The van der Waals surface area contributed by atoms with Gasteiger partial charge in [0, 0.05) is 16.5 Å². The van der Waals surface area contributed by atoms with Gasteiger partial charge in [0.05, 0.1) is 6.21 Å². The third-order valence-corrected chi connectivity index (χ3v) is 5.29. The summed E-state index contributed by atoms with van der Waals surface area (Å²) >= 11 is 0. The molecule has 0 atom stereocenters. The van der Waals surface area contributed by atoms with Crippen LogP contribution >= 0.6 is 0 Å². The lowest BCUT2D eigenvalue weighted by atomic mass is 9.97. The standard InChI is InChI=1S/C24H16N6/c1-3-9-17-15(7-1)13-16-8-2-4-10-18(16)20(17)14-25-29-24-27-23-22(28-30-24)19-11-5-6-12-21(19)26-23/h1-14H,(H2,26,27,29,30)/b25-14-. The number of benzene rings is 4. The zero-order chi connectivity index (χ0) is 19.9. The Balaban J connectivity index is 1.40. The summed E-state index contributed by atoms with van der Waals surface area (Å²) in [5.74, 6) is 0.342. The Bertz CT molecular complexity index is 1530. The molecule has 6 nitrogen and oxygen atoms in total. The molecule has 142 valence electrons. The van der Waals surface area contributed by atoms with Crippen molar-refractivity contribution >= 4 is 55.8 Å². The number of fused-ring (bicyclic) bond motifs is 5. The highest BCUT2D eigenvalue weighted by atomic mass is 15.4. The number of hydrazone groups is 1. The average Bonchev–Trinajstić information content (AvgIpc) is 3.16. The molecule has 30 heavy (non-hydrogen) atoms. The van der Waals surface area contributed by atoms with Gasteiger partial charge >= 0.3 is 0 Å². The van der Waals surface area contributed by atoms with Crippen LogP contribution in [0.3, 0.4) is 0 Å². The van der Waals surface area contributed by atoms with E-state index in [2.05, 4.69) is 61.0 Å². The van der Waals surface area contributed by atoms with E-state index in [1.807, 2.05) is 54.7 Å². The van der Waals surface area contributed by atoms with Gasteiger partial charge in [-0.15, -0.1) is 10.2 Å². The molecular weight excluding hydrogens is 372 g/mol. The van der Waals surface area contributed by atoms with Gasteiger partial charge < -0.3 is 4.98 Å². The first-order chi connectivity index (χ1) is 14.9. The van der Waals surface area contributed by atoms with Crippen molar-refractivity contribution in [3.05, 3.63) is 84.4 Å². The molecule has 0 aliphatic rings. The van der Waals surface area contributed by atoms with E-state index in [1.165, 1.54) is 10.8 Å². The minimum Gasteiger partial charge on any atom is -0.338 e. The molecule has 6 heteroatoms. The number of H-pyrrole nitrogens is 1. The maximum atomic E-state index is 4.51. The number of hydrogen-bond acceptors (Lipinski definition) is 5. The van der Waals surface area contributed by atoms with E-state index >= 15 is 0 Å². The molecule has 2 aromatic heterocycles. The van der Waals surface area contributed by atoms with Crippen molar-refractivity contribution in [3.8, 4) is 0 Å². The zero-order valence-electron chi connectivity index (χ0n) is 15.9. The van der Waals surface area contributed by atoms with Crippen LogP contribution in [0.25, 0.3) is 43.6 Å². The Hall–Kier alpha value is -4.32. The molecule has 0 fully saturated rings. The summed E-state index contributed by atoms with van der Waals surface area (Å²) in [6.07, 6.45) is 1.82. The minimum atomic E-state index is 0.342. The second kappa shape index (κ2) is 6.63. The van der Waals surface area contributed by atoms with Gasteiger partial charge in [-0.1, -0.05) is 66.7 Å². The summed E-state index contributed by atoms with van der Waals surface area (Å²) in [7, 11) is 0. The number of para-hydroxylation sites is 1. The monoisotopic (exact) mass is 388 g/mol. The highest BCUT2D eigenvalue weighted by Gasteiger charge is 2.08. The fourth-order valence-corrected chi connectivity index (χ4v) is 3.91. The molecule has 0 bridgehead atoms. The van der Waals surface area contributed by atoms with Crippen molar-refractivity contribution in [3.63, 3.8) is 0 Å². The van der Waals surface area contributed by atoms with E-state index in [1.54, 1.807) is 0 Å². The summed E-state index contributed by atoms with van der Waals surface area (Å²) in [6, 6.07) is 26.8. The van der Waals surface area contributed by atoms with Crippen molar-refractivity contribution in [2.75, 3.05) is 5.43 Å². The molecule has 0 unspecified atom stereocenters. The van der Waals surface area contributed by atoms with E-state index in [0.717, 1.165) is 32.8 Å². The van der Waals surface area contributed by atoms with E-state index in [0.29, 0.717) is 11.6 Å². The van der Waals surface area contributed by atoms with E-state index in [4.69, 9.17) is 0 Å². The second-order valence-corrected chi connectivity index (χ2v) is 7.11. The molecule has 2 N–H and O–H groups in total. The van der Waals surface area contributed by atoms with Crippen LogP contribution in [0.1, 0.15) is 5.56 Å². The first kappa shape index (κ1) is 16.6. The van der Waals surface area contributed by atoms with Crippen LogP contribution in [0.5, 0.6) is 0 Å². The molecule has 4 aromatic carbocycles. The number of nitrogens with one attached hydrogen (secondary N) is 2. The largest absolute Gasteiger partial charge is 0.338 e. The van der Waals surface area contributed by atoms with Gasteiger partial charge in [-0.25, -0.2) is 5.43 Å². The van der Waals surface area contributed by atoms with Gasteiger partial charge in [-0.2, -0.15) is 10.1 Å². The third-order valence-electron chi connectivity index (χ3n) is 5.29. The average molecular weight is 388 g/mol. The van der Waals surface area contributed by atoms with Crippen LogP contribution in [0, 0.1) is 0 Å². The van der Waals surface area contributed by atoms with Crippen molar-refractivity contribution < 1.29 is 0 Å². The van der Waals surface area contributed by atoms with Gasteiger partial charge in [0.2, 0.25) is 0 Å². The van der Waals surface area contributed by atoms with E-state index in [9.17, 15) is 0 Å². The predicted molar refractivity (Wildman–Crippen MR) is 122 cm³/mol. The van der Waals surface area contributed by atoms with Crippen molar-refractivity contribution in [1.82, 2.24) is 20.2 Å². The summed E-state index contributed by atoms with van der Waals surface area (Å²) in [5.41, 5.74) is 6.39. The van der Waals surface area contributed by atoms with Crippen molar-refractivity contribution in [1.29, 1.82) is 0 Å². The predicted octanol–water partition coefficient (Wildman–Crippen LogP) is 5.26. The third kappa shape index (κ3) is 2.66. The molecule has 0 aliphatic carbocycles.